The number of hydrogen-bond donors (Lipinski definition) is 2. The highest BCUT2D eigenvalue weighted by atomic mass is 16.5. The Balaban J connectivity index is 1.84. The zero-order valence-corrected chi connectivity index (χ0v) is 15.7. The smallest absolute Gasteiger partial charge is 0.255 e. The van der Waals surface area contributed by atoms with Crippen LogP contribution < -0.4 is 10.6 Å². The fourth-order valence-corrected chi connectivity index (χ4v) is 2.98. The van der Waals surface area contributed by atoms with Gasteiger partial charge in [0.05, 0.1) is 24.0 Å². The highest BCUT2D eigenvalue weighted by Gasteiger charge is 2.33. The lowest BCUT2D eigenvalue weighted by molar-refractivity contribution is -0.124. The van der Waals surface area contributed by atoms with Crippen LogP contribution in [-0.2, 0) is 9.53 Å². The summed E-state index contributed by atoms with van der Waals surface area (Å²) in [5.41, 5.74) is 0.201. The minimum atomic E-state index is -0.624. The van der Waals surface area contributed by atoms with Gasteiger partial charge in [-0.05, 0) is 40.7 Å². The first-order valence-electron chi connectivity index (χ1n) is 8.70. The van der Waals surface area contributed by atoms with Crippen LogP contribution in [0.1, 0.15) is 45.0 Å². The lowest BCUT2D eigenvalue weighted by Crippen LogP contribution is -2.59. The van der Waals surface area contributed by atoms with Gasteiger partial charge in [-0.1, -0.05) is 0 Å². The molecule has 2 amide bonds. The van der Waals surface area contributed by atoms with Gasteiger partial charge in [0.1, 0.15) is 12.3 Å². The first-order chi connectivity index (χ1) is 11.7. The second-order valence-corrected chi connectivity index (χ2v) is 7.40. The molecule has 1 fully saturated rings. The summed E-state index contributed by atoms with van der Waals surface area (Å²) >= 11 is 0. The Kier molecular flexibility index (Phi) is 6.24. The predicted octanol–water partition coefficient (Wildman–Crippen LogP) is 1.40. The average molecular weight is 351 g/mol. The molecule has 3 atom stereocenters. The van der Waals surface area contributed by atoms with Crippen molar-refractivity contribution in [2.75, 3.05) is 19.6 Å². The Morgan fingerprint density at radius 2 is 1.96 bits per heavy atom. The van der Waals surface area contributed by atoms with Crippen LogP contribution in [0.2, 0.25) is 0 Å². The molecule has 0 radical (unpaired) electrons. The number of carbonyl (C=O) groups is 2. The van der Waals surface area contributed by atoms with Crippen LogP contribution in [0.15, 0.2) is 23.0 Å². The molecule has 7 nitrogen and oxygen atoms in total. The number of hydrogen-bond acceptors (Lipinski definition) is 5. The van der Waals surface area contributed by atoms with Gasteiger partial charge in [-0.3, -0.25) is 14.5 Å². The summed E-state index contributed by atoms with van der Waals surface area (Å²) in [7, 11) is 0. The Morgan fingerprint density at radius 1 is 1.32 bits per heavy atom. The number of morpholine rings is 1. The van der Waals surface area contributed by atoms with Crippen molar-refractivity contribution in [1.82, 2.24) is 15.5 Å². The molecule has 1 aliphatic rings. The Hall–Kier alpha value is -1.86. The van der Waals surface area contributed by atoms with Crippen molar-refractivity contribution in [1.29, 1.82) is 0 Å². The van der Waals surface area contributed by atoms with Crippen LogP contribution >= 0.6 is 0 Å². The van der Waals surface area contributed by atoms with Gasteiger partial charge < -0.3 is 19.8 Å². The summed E-state index contributed by atoms with van der Waals surface area (Å²) in [6.07, 6.45) is 3.12. The monoisotopic (exact) mass is 351 g/mol. The van der Waals surface area contributed by atoms with Gasteiger partial charge in [-0.25, -0.2) is 0 Å². The summed E-state index contributed by atoms with van der Waals surface area (Å²) in [6, 6.07) is 0.935. The summed E-state index contributed by atoms with van der Waals surface area (Å²) < 4.78 is 10.6. The van der Waals surface area contributed by atoms with E-state index in [1.807, 2.05) is 0 Å². The standard InChI is InChI=1S/C18H29N3O4/c1-12-8-21(9-13(2)25-12)18(4,5)11-19-16(22)14(3)20-17(23)15-6-7-24-10-15/h6-7,10,12-14H,8-9,11H2,1-5H3,(H,19,22)(H,20,23). The minimum absolute atomic E-state index is 0.173. The van der Waals surface area contributed by atoms with E-state index in [0.29, 0.717) is 12.1 Å². The van der Waals surface area contributed by atoms with Gasteiger partial charge in [0.15, 0.2) is 0 Å². The third-order valence-corrected chi connectivity index (χ3v) is 4.50. The van der Waals surface area contributed by atoms with E-state index in [2.05, 4.69) is 43.2 Å². The lowest BCUT2D eigenvalue weighted by atomic mass is 10.00. The van der Waals surface area contributed by atoms with E-state index < -0.39 is 6.04 Å². The largest absolute Gasteiger partial charge is 0.472 e. The third-order valence-electron chi connectivity index (χ3n) is 4.50. The Morgan fingerprint density at radius 3 is 2.52 bits per heavy atom. The molecule has 140 valence electrons. The molecule has 1 aromatic heterocycles. The number of amides is 2. The van der Waals surface area contributed by atoms with Gasteiger partial charge in [-0.2, -0.15) is 0 Å². The molecule has 0 bridgehead atoms. The molecule has 2 rings (SSSR count). The van der Waals surface area contributed by atoms with Gasteiger partial charge >= 0.3 is 0 Å². The first kappa shape index (κ1) is 19.5. The van der Waals surface area contributed by atoms with Crippen molar-refractivity contribution in [3.63, 3.8) is 0 Å². The molecular weight excluding hydrogens is 322 g/mol. The maximum Gasteiger partial charge on any atom is 0.255 e. The van der Waals surface area contributed by atoms with Crippen LogP contribution in [0.25, 0.3) is 0 Å². The molecule has 2 heterocycles. The van der Waals surface area contributed by atoms with Crippen LogP contribution in [0.4, 0.5) is 0 Å². The third kappa shape index (κ3) is 5.31. The van der Waals surface area contributed by atoms with Crippen LogP contribution in [0, 0.1) is 0 Å². The SMILES string of the molecule is CC1CN(C(C)(C)CNC(=O)C(C)NC(=O)c2ccoc2)CC(C)O1. The summed E-state index contributed by atoms with van der Waals surface area (Å²) in [5, 5.41) is 5.61. The molecule has 0 aromatic carbocycles. The molecule has 0 spiro atoms. The van der Waals surface area contributed by atoms with E-state index in [-0.39, 0.29) is 29.6 Å². The predicted molar refractivity (Wildman–Crippen MR) is 94.3 cm³/mol. The van der Waals surface area contributed by atoms with Crippen molar-refractivity contribution >= 4 is 11.8 Å². The van der Waals surface area contributed by atoms with Crippen molar-refractivity contribution in [2.24, 2.45) is 0 Å². The van der Waals surface area contributed by atoms with Crippen molar-refractivity contribution in [2.45, 2.75) is 58.4 Å². The number of ether oxygens (including phenoxy) is 1. The van der Waals surface area contributed by atoms with Gasteiger partial charge in [-0.15, -0.1) is 0 Å². The number of nitrogens with zero attached hydrogens (tertiary/aromatic N) is 1. The highest BCUT2D eigenvalue weighted by Crippen LogP contribution is 2.20. The molecule has 1 aliphatic heterocycles. The van der Waals surface area contributed by atoms with Crippen LogP contribution in [-0.4, -0.2) is 60.1 Å². The quantitative estimate of drug-likeness (QED) is 0.809. The fraction of sp³-hybridized carbons (Fsp3) is 0.667. The summed E-state index contributed by atoms with van der Waals surface area (Å²) in [4.78, 5) is 26.6. The van der Waals surface area contributed by atoms with E-state index in [9.17, 15) is 9.59 Å². The number of nitrogens with one attached hydrogen (secondary N) is 2. The van der Waals surface area contributed by atoms with Crippen molar-refractivity contribution in [3.05, 3.63) is 24.2 Å². The van der Waals surface area contributed by atoms with Crippen molar-refractivity contribution < 1.29 is 18.7 Å². The Bertz CT molecular complexity index is 575. The molecule has 1 aromatic rings. The fourth-order valence-electron chi connectivity index (χ4n) is 2.98. The number of carbonyl (C=O) groups excluding carboxylic acids is 2. The zero-order chi connectivity index (χ0) is 18.6. The molecule has 0 saturated carbocycles. The van der Waals surface area contributed by atoms with E-state index in [4.69, 9.17) is 9.15 Å². The number of furan rings is 1. The normalized spacial score (nSPS) is 23.1. The molecule has 7 heteroatoms. The van der Waals surface area contributed by atoms with Crippen LogP contribution in [0.5, 0.6) is 0 Å². The maximum absolute atomic E-state index is 12.3. The Labute approximate surface area is 149 Å². The van der Waals surface area contributed by atoms with E-state index in [1.54, 1.807) is 13.0 Å². The number of rotatable bonds is 6. The summed E-state index contributed by atoms with van der Waals surface area (Å²) in [5.74, 6) is -0.536. The molecule has 0 aliphatic carbocycles. The van der Waals surface area contributed by atoms with E-state index in [1.165, 1.54) is 12.5 Å². The van der Waals surface area contributed by atoms with Gasteiger partial charge in [0.2, 0.25) is 5.91 Å². The highest BCUT2D eigenvalue weighted by molar-refractivity contribution is 5.97. The summed E-state index contributed by atoms with van der Waals surface area (Å²) in [6.45, 7) is 12.2. The molecular formula is C18H29N3O4. The van der Waals surface area contributed by atoms with E-state index >= 15 is 0 Å². The first-order valence-corrected chi connectivity index (χ1v) is 8.70. The molecule has 3 unspecified atom stereocenters. The maximum atomic E-state index is 12.3. The topological polar surface area (TPSA) is 83.8 Å². The van der Waals surface area contributed by atoms with Crippen molar-refractivity contribution in [3.8, 4) is 0 Å². The zero-order valence-electron chi connectivity index (χ0n) is 15.7. The van der Waals surface area contributed by atoms with Crippen LogP contribution in [0.3, 0.4) is 0 Å². The average Bonchev–Trinajstić information content (AvgIpc) is 3.06. The van der Waals surface area contributed by atoms with E-state index in [0.717, 1.165) is 13.1 Å². The molecule has 25 heavy (non-hydrogen) atoms. The second-order valence-electron chi connectivity index (χ2n) is 7.40. The second kappa shape index (κ2) is 8.01. The molecule has 2 N–H and O–H groups in total. The minimum Gasteiger partial charge on any atom is -0.472 e. The van der Waals surface area contributed by atoms with Gasteiger partial charge in [0, 0.05) is 25.2 Å². The van der Waals surface area contributed by atoms with Gasteiger partial charge in [0.25, 0.3) is 5.91 Å². The molecule has 1 saturated heterocycles. The lowest BCUT2D eigenvalue weighted by Gasteiger charge is -2.45.